The third-order valence-corrected chi connectivity index (χ3v) is 4.29. The molecule has 2 aromatic rings. The SMILES string of the molecule is O=C(CNc1ccccc1SCC(F)(F)F)NCc1ccccc1F. The van der Waals surface area contributed by atoms with Crippen molar-refractivity contribution in [3.05, 3.63) is 59.9 Å². The van der Waals surface area contributed by atoms with E-state index in [-0.39, 0.29) is 19.0 Å². The van der Waals surface area contributed by atoms with E-state index >= 15 is 0 Å². The van der Waals surface area contributed by atoms with Crippen LogP contribution in [0.1, 0.15) is 5.56 Å². The van der Waals surface area contributed by atoms with Crippen molar-refractivity contribution in [1.82, 2.24) is 5.32 Å². The number of anilines is 1. The fourth-order valence-electron chi connectivity index (χ4n) is 1.97. The maximum absolute atomic E-state index is 13.5. The zero-order chi connectivity index (χ0) is 18.3. The first-order chi connectivity index (χ1) is 11.8. The van der Waals surface area contributed by atoms with Crippen LogP contribution in [0.2, 0.25) is 0 Å². The van der Waals surface area contributed by atoms with Gasteiger partial charge >= 0.3 is 6.18 Å². The van der Waals surface area contributed by atoms with E-state index in [1.54, 1.807) is 42.5 Å². The maximum Gasteiger partial charge on any atom is 0.398 e. The van der Waals surface area contributed by atoms with Gasteiger partial charge < -0.3 is 10.6 Å². The van der Waals surface area contributed by atoms with Crippen molar-refractivity contribution in [2.75, 3.05) is 17.6 Å². The molecule has 1 amide bonds. The van der Waals surface area contributed by atoms with Gasteiger partial charge in [0.2, 0.25) is 5.91 Å². The third kappa shape index (κ3) is 6.66. The van der Waals surface area contributed by atoms with Crippen molar-refractivity contribution < 1.29 is 22.4 Å². The summed E-state index contributed by atoms with van der Waals surface area (Å²) in [5.41, 5.74) is 0.801. The first-order valence-corrected chi connectivity index (χ1v) is 8.36. The van der Waals surface area contributed by atoms with E-state index in [4.69, 9.17) is 0 Å². The average molecular weight is 372 g/mol. The normalized spacial score (nSPS) is 11.2. The lowest BCUT2D eigenvalue weighted by atomic mass is 10.2. The topological polar surface area (TPSA) is 41.1 Å². The molecule has 0 aliphatic rings. The number of benzene rings is 2. The van der Waals surface area contributed by atoms with Crippen LogP contribution in [-0.4, -0.2) is 24.4 Å². The second kappa shape index (κ2) is 8.75. The molecule has 2 rings (SSSR count). The molecule has 0 saturated heterocycles. The molecule has 0 saturated carbocycles. The van der Waals surface area contributed by atoms with Crippen molar-refractivity contribution in [3.8, 4) is 0 Å². The molecule has 0 heterocycles. The van der Waals surface area contributed by atoms with Crippen LogP contribution in [0, 0.1) is 5.82 Å². The smallest absolute Gasteiger partial charge is 0.375 e. The van der Waals surface area contributed by atoms with Gasteiger partial charge in [-0.05, 0) is 18.2 Å². The highest BCUT2D eigenvalue weighted by Gasteiger charge is 2.27. The molecule has 3 nitrogen and oxygen atoms in total. The summed E-state index contributed by atoms with van der Waals surface area (Å²) in [6.45, 7) is -0.0876. The highest BCUT2D eigenvalue weighted by Crippen LogP contribution is 2.31. The molecule has 2 N–H and O–H groups in total. The van der Waals surface area contributed by atoms with Crippen molar-refractivity contribution in [3.63, 3.8) is 0 Å². The lowest BCUT2D eigenvalue weighted by Crippen LogP contribution is -2.29. The highest BCUT2D eigenvalue weighted by molar-refractivity contribution is 7.99. The molecular weight excluding hydrogens is 356 g/mol. The van der Waals surface area contributed by atoms with Crippen molar-refractivity contribution in [1.29, 1.82) is 0 Å². The first kappa shape index (κ1) is 19.1. The fraction of sp³-hybridized carbons (Fsp3) is 0.235. The van der Waals surface area contributed by atoms with Crippen LogP contribution in [-0.2, 0) is 11.3 Å². The van der Waals surface area contributed by atoms with Crippen LogP contribution in [0.25, 0.3) is 0 Å². The quantitative estimate of drug-likeness (QED) is 0.565. The number of nitrogens with one attached hydrogen (secondary N) is 2. The van der Waals surface area contributed by atoms with Crippen molar-refractivity contribution >= 4 is 23.4 Å². The maximum atomic E-state index is 13.5. The van der Waals surface area contributed by atoms with Gasteiger partial charge in [-0.3, -0.25) is 4.79 Å². The summed E-state index contributed by atoms with van der Waals surface area (Å²) < 4.78 is 50.5. The Morgan fingerprint density at radius 3 is 2.44 bits per heavy atom. The average Bonchev–Trinajstić information content (AvgIpc) is 2.57. The Morgan fingerprint density at radius 1 is 1.04 bits per heavy atom. The van der Waals surface area contributed by atoms with Crippen LogP contribution in [0.15, 0.2) is 53.4 Å². The first-order valence-electron chi connectivity index (χ1n) is 7.38. The van der Waals surface area contributed by atoms with E-state index in [1.807, 2.05) is 0 Å². The molecule has 0 aliphatic carbocycles. The predicted molar refractivity (Wildman–Crippen MR) is 90.0 cm³/mol. The van der Waals surface area contributed by atoms with Gasteiger partial charge in [-0.1, -0.05) is 30.3 Å². The number of thioether (sulfide) groups is 1. The predicted octanol–water partition coefficient (Wildman–Crippen LogP) is 4.21. The Labute approximate surface area is 146 Å². The minimum absolute atomic E-state index is 0.0393. The second-order valence-corrected chi connectivity index (χ2v) is 6.14. The Morgan fingerprint density at radius 2 is 1.72 bits per heavy atom. The van der Waals surface area contributed by atoms with Crippen LogP contribution in [0.5, 0.6) is 0 Å². The Hall–Kier alpha value is -2.22. The van der Waals surface area contributed by atoms with Crippen LogP contribution in [0.3, 0.4) is 0 Å². The lowest BCUT2D eigenvalue weighted by Gasteiger charge is -2.13. The molecule has 134 valence electrons. The molecule has 0 bridgehead atoms. The minimum atomic E-state index is -4.27. The van der Waals surface area contributed by atoms with Gasteiger partial charge in [0.25, 0.3) is 0 Å². The second-order valence-electron chi connectivity index (χ2n) is 5.12. The molecule has 0 atom stereocenters. The monoisotopic (exact) mass is 372 g/mol. The Bertz CT molecular complexity index is 722. The Balaban J connectivity index is 1.86. The number of carbonyl (C=O) groups is 1. The van der Waals surface area contributed by atoms with E-state index in [1.165, 1.54) is 6.07 Å². The Kier molecular flexibility index (Phi) is 6.69. The molecule has 0 spiro atoms. The molecule has 8 heteroatoms. The number of para-hydroxylation sites is 1. The van der Waals surface area contributed by atoms with Crippen LogP contribution < -0.4 is 10.6 Å². The molecule has 2 aromatic carbocycles. The fourth-order valence-corrected chi connectivity index (χ4v) is 2.76. The molecule has 0 aliphatic heterocycles. The lowest BCUT2D eigenvalue weighted by molar-refractivity contribution is -0.119. The van der Waals surface area contributed by atoms with Gasteiger partial charge in [0, 0.05) is 22.7 Å². The summed E-state index contributed by atoms with van der Waals surface area (Å²) >= 11 is 0.649. The highest BCUT2D eigenvalue weighted by atomic mass is 32.2. The van der Waals surface area contributed by atoms with E-state index in [0.717, 1.165) is 0 Å². The number of hydrogen-bond donors (Lipinski definition) is 2. The van der Waals surface area contributed by atoms with Gasteiger partial charge in [-0.2, -0.15) is 13.2 Å². The van der Waals surface area contributed by atoms with E-state index in [2.05, 4.69) is 10.6 Å². The number of carbonyl (C=O) groups excluding carboxylic acids is 1. The summed E-state index contributed by atoms with van der Waals surface area (Å²) in [6.07, 6.45) is -4.27. The number of halogens is 4. The van der Waals surface area contributed by atoms with Crippen LogP contribution >= 0.6 is 11.8 Å². The van der Waals surface area contributed by atoms with Crippen LogP contribution in [0.4, 0.5) is 23.2 Å². The van der Waals surface area contributed by atoms with E-state index in [9.17, 15) is 22.4 Å². The van der Waals surface area contributed by atoms with Gasteiger partial charge in [-0.15, -0.1) is 11.8 Å². The third-order valence-electron chi connectivity index (χ3n) is 3.15. The summed E-state index contributed by atoms with van der Waals surface area (Å²) in [5, 5.41) is 5.36. The summed E-state index contributed by atoms with van der Waals surface area (Å²) in [5.74, 6) is -1.81. The molecular formula is C17H16F4N2OS. The standard InChI is InChI=1S/C17H16F4N2OS/c18-13-6-2-1-5-12(13)9-23-16(24)10-22-14-7-3-4-8-15(14)25-11-17(19,20)21/h1-8,22H,9-11H2,(H,23,24). The van der Waals surface area contributed by atoms with Gasteiger partial charge in [0.15, 0.2) is 0 Å². The number of alkyl halides is 3. The zero-order valence-corrected chi connectivity index (χ0v) is 13.9. The number of rotatable bonds is 7. The molecule has 0 fully saturated rings. The summed E-state index contributed by atoms with van der Waals surface area (Å²) in [6, 6.07) is 12.5. The van der Waals surface area contributed by atoms with Gasteiger partial charge in [0.05, 0.1) is 12.3 Å². The molecule has 0 radical (unpaired) electrons. The van der Waals surface area contributed by atoms with Crippen molar-refractivity contribution in [2.24, 2.45) is 0 Å². The number of hydrogen-bond acceptors (Lipinski definition) is 3. The number of amides is 1. The molecule has 25 heavy (non-hydrogen) atoms. The summed E-state index contributed by atoms with van der Waals surface area (Å²) in [4.78, 5) is 12.3. The van der Waals surface area contributed by atoms with E-state index < -0.39 is 17.7 Å². The van der Waals surface area contributed by atoms with Gasteiger partial charge in [-0.25, -0.2) is 4.39 Å². The summed E-state index contributed by atoms with van der Waals surface area (Å²) in [7, 11) is 0. The molecule has 0 aromatic heterocycles. The molecule has 0 unspecified atom stereocenters. The largest absolute Gasteiger partial charge is 0.398 e. The van der Waals surface area contributed by atoms with E-state index in [0.29, 0.717) is 27.9 Å². The zero-order valence-electron chi connectivity index (χ0n) is 13.1. The minimum Gasteiger partial charge on any atom is -0.375 e. The van der Waals surface area contributed by atoms with Gasteiger partial charge in [0.1, 0.15) is 5.82 Å². The van der Waals surface area contributed by atoms with Crippen molar-refractivity contribution in [2.45, 2.75) is 17.6 Å².